The molecule has 3 N–H and O–H groups in total. The molecule has 3 aromatic rings. The molecule has 0 radical (unpaired) electrons. The Labute approximate surface area is 247 Å². The van der Waals surface area contributed by atoms with Gasteiger partial charge < -0.3 is 9.84 Å². The molecule has 2 saturated heterocycles. The molecule has 3 unspecified atom stereocenters. The highest BCUT2D eigenvalue weighted by Gasteiger charge is 2.41. The number of benzene rings is 3. The van der Waals surface area contributed by atoms with Gasteiger partial charge in [0.05, 0.1) is 30.9 Å². The topological polar surface area (TPSA) is 95.4 Å². The molecular weight excluding hydrogens is 528 g/mol. The summed E-state index contributed by atoms with van der Waals surface area (Å²) in [6, 6.07) is 27.4. The number of piperidine rings is 1. The molecule has 42 heavy (non-hydrogen) atoms. The van der Waals surface area contributed by atoms with Crippen molar-refractivity contribution in [3.8, 4) is 0 Å². The lowest BCUT2D eigenvalue weighted by Crippen LogP contribution is -2.49. The van der Waals surface area contributed by atoms with Crippen LogP contribution in [0.15, 0.2) is 83.9 Å². The molecule has 220 valence electrons. The van der Waals surface area contributed by atoms with Gasteiger partial charge in [-0.3, -0.25) is 24.8 Å². The van der Waals surface area contributed by atoms with E-state index in [0.717, 1.165) is 49.8 Å². The first-order valence-corrected chi connectivity index (χ1v) is 15.0. The first-order valence-electron chi connectivity index (χ1n) is 15.0. The third kappa shape index (κ3) is 7.14. The molecule has 3 atom stereocenters. The number of hydroxylamine groups is 1. The number of rotatable bonds is 10. The lowest BCUT2D eigenvalue weighted by molar-refractivity contribution is -0.143. The van der Waals surface area contributed by atoms with Gasteiger partial charge in [0, 0.05) is 32.3 Å². The van der Waals surface area contributed by atoms with Gasteiger partial charge in [-0.15, -0.1) is 0 Å². The van der Waals surface area contributed by atoms with Crippen LogP contribution < -0.4 is 10.8 Å². The Balaban J connectivity index is 1.07. The second-order valence-electron chi connectivity index (χ2n) is 11.7. The second kappa shape index (κ2) is 13.3. The number of nitrogens with one attached hydrogen (secondary N) is 2. The van der Waals surface area contributed by atoms with E-state index in [1.165, 1.54) is 16.7 Å². The van der Waals surface area contributed by atoms with Crippen molar-refractivity contribution < 1.29 is 19.5 Å². The standard InChI is InChI=1S/C34H40N4O4/c39-32(40)23-38-18-15-34(16-19-38,41-24-26-6-2-1-3-7-26)21-29-20-31(37-42-29)28-12-10-25(11-13-28)22-36-33-30-9-5-4-8-27(30)14-17-35-33/h1-13,22,29,31,33,35,37H,14-21,23-24H2,(H,39,40). The van der Waals surface area contributed by atoms with Gasteiger partial charge in [0.1, 0.15) is 6.17 Å². The summed E-state index contributed by atoms with van der Waals surface area (Å²) in [4.78, 5) is 24.2. The van der Waals surface area contributed by atoms with Crippen LogP contribution in [0.25, 0.3) is 0 Å². The molecule has 0 saturated carbocycles. The van der Waals surface area contributed by atoms with E-state index in [1.807, 2.05) is 29.3 Å². The number of aliphatic carboxylic acids is 1. The third-order valence-corrected chi connectivity index (χ3v) is 8.78. The zero-order valence-corrected chi connectivity index (χ0v) is 24.0. The van der Waals surface area contributed by atoms with E-state index in [2.05, 4.69) is 71.5 Å². The predicted molar refractivity (Wildman–Crippen MR) is 162 cm³/mol. The molecule has 6 rings (SSSR count). The number of carbonyl (C=O) groups is 1. The molecule has 8 nitrogen and oxygen atoms in total. The van der Waals surface area contributed by atoms with Gasteiger partial charge >= 0.3 is 5.97 Å². The molecule has 3 aliphatic rings. The minimum atomic E-state index is -0.785. The summed E-state index contributed by atoms with van der Waals surface area (Å²) < 4.78 is 6.63. The molecule has 0 aromatic heterocycles. The average molecular weight is 569 g/mol. The number of likely N-dealkylation sites (tertiary alicyclic amines) is 1. The second-order valence-corrected chi connectivity index (χ2v) is 11.7. The fourth-order valence-corrected chi connectivity index (χ4v) is 6.40. The molecule has 3 heterocycles. The molecule has 2 fully saturated rings. The van der Waals surface area contributed by atoms with Crippen LogP contribution in [0.5, 0.6) is 0 Å². The fourth-order valence-electron chi connectivity index (χ4n) is 6.40. The van der Waals surface area contributed by atoms with Crippen LogP contribution in [0.2, 0.25) is 0 Å². The Morgan fingerprint density at radius 2 is 1.81 bits per heavy atom. The van der Waals surface area contributed by atoms with Crippen LogP contribution in [0, 0.1) is 0 Å². The quantitative estimate of drug-likeness (QED) is 0.302. The van der Waals surface area contributed by atoms with Gasteiger partial charge in [-0.1, -0.05) is 78.9 Å². The molecule has 3 aromatic carbocycles. The van der Waals surface area contributed by atoms with Gasteiger partial charge in [0.25, 0.3) is 0 Å². The largest absolute Gasteiger partial charge is 0.480 e. The smallest absolute Gasteiger partial charge is 0.317 e. The summed E-state index contributed by atoms with van der Waals surface area (Å²) >= 11 is 0. The zero-order chi connectivity index (χ0) is 28.8. The van der Waals surface area contributed by atoms with Crippen molar-refractivity contribution >= 4 is 12.2 Å². The Bertz CT molecular complexity index is 1360. The summed E-state index contributed by atoms with van der Waals surface area (Å²) in [5.41, 5.74) is 8.94. The maximum atomic E-state index is 11.3. The molecule has 0 spiro atoms. The number of ether oxygens (including phenoxy) is 1. The summed E-state index contributed by atoms with van der Waals surface area (Å²) in [5, 5.41) is 12.8. The SMILES string of the molecule is O=C(O)CN1CCC(CC2CC(c3ccc(C=NC4NCCc5ccccc54)cc3)NO2)(OCc2ccccc2)CC1. The highest BCUT2D eigenvalue weighted by molar-refractivity contribution is 5.79. The summed E-state index contributed by atoms with van der Waals surface area (Å²) in [6.07, 6.45) is 6.19. The highest BCUT2D eigenvalue weighted by Crippen LogP contribution is 2.37. The van der Waals surface area contributed by atoms with Gasteiger partial charge in [-0.25, -0.2) is 0 Å². The van der Waals surface area contributed by atoms with E-state index in [-0.39, 0.29) is 30.5 Å². The minimum Gasteiger partial charge on any atom is -0.480 e. The van der Waals surface area contributed by atoms with E-state index in [1.54, 1.807) is 0 Å². The monoisotopic (exact) mass is 568 g/mol. The zero-order valence-electron chi connectivity index (χ0n) is 24.0. The summed E-state index contributed by atoms with van der Waals surface area (Å²) in [7, 11) is 0. The highest BCUT2D eigenvalue weighted by atomic mass is 16.7. The number of carboxylic acid groups (broad SMARTS) is 1. The Kier molecular flexibility index (Phi) is 9.07. The first kappa shape index (κ1) is 28.7. The number of aliphatic imine (C=N–C) groups is 1. The Hall–Kier alpha value is -3.40. The number of nitrogens with zero attached hydrogens (tertiary/aromatic N) is 2. The van der Waals surface area contributed by atoms with E-state index in [0.29, 0.717) is 19.7 Å². The number of fused-ring (bicyclic) bond motifs is 1. The number of carboxylic acids is 1. The van der Waals surface area contributed by atoms with E-state index in [4.69, 9.17) is 14.6 Å². The van der Waals surface area contributed by atoms with Crippen LogP contribution in [0.4, 0.5) is 0 Å². The van der Waals surface area contributed by atoms with Crippen molar-refractivity contribution in [1.82, 2.24) is 15.7 Å². The molecule has 0 aliphatic carbocycles. The normalized spacial score (nSPS) is 24.0. The van der Waals surface area contributed by atoms with Crippen LogP contribution in [-0.4, -0.2) is 60.1 Å². The lowest BCUT2D eigenvalue weighted by atomic mass is 9.84. The van der Waals surface area contributed by atoms with Crippen molar-refractivity contribution in [3.05, 3.63) is 107 Å². The van der Waals surface area contributed by atoms with Crippen molar-refractivity contribution in [2.24, 2.45) is 4.99 Å². The molecule has 0 bridgehead atoms. The first-order chi connectivity index (χ1) is 20.6. The summed E-state index contributed by atoms with van der Waals surface area (Å²) in [6.45, 7) is 2.95. The minimum absolute atomic E-state index is 0.00675. The van der Waals surface area contributed by atoms with E-state index in [9.17, 15) is 9.90 Å². The Morgan fingerprint density at radius 3 is 2.60 bits per heavy atom. The number of hydrogen-bond acceptors (Lipinski definition) is 7. The molecule has 3 aliphatic heterocycles. The van der Waals surface area contributed by atoms with Crippen molar-refractivity contribution in [3.63, 3.8) is 0 Å². The van der Waals surface area contributed by atoms with E-state index < -0.39 is 5.97 Å². The average Bonchev–Trinajstić information content (AvgIpc) is 3.49. The summed E-state index contributed by atoms with van der Waals surface area (Å²) in [5.74, 6) is -0.785. The Morgan fingerprint density at radius 1 is 1.05 bits per heavy atom. The molecule has 0 amide bonds. The van der Waals surface area contributed by atoms with E-state index >= 15 is 0 Å². The van der Waals surface area contributed by atoms with Gasteiger partial charge in [-0.05, 0) is 53.5 Å². The van der Waals surface area contributed by atoms with Gasteiger partial charge in [0.15, 0.2) is 0 Å². The predicted octanol–water partition coefficient (Wildman–Crippen LogP) is 4.81. The van der Waals surface area contributed by atoms with Crippen LogP contribution in [0.1, 0.15) is 65.7 Å². The molecular formula is C34H40N4O4. The molecule has 8 heteroatoms. The van der Waals surface area contributed by atoms with Gasteiger partial charge in [-0.2, -0.15) is 5.48 Å². The van der Waals surface area contributed by atoms with Crippen LogP contribution in [-0.2, 0) is 27.4 Å². The van der Waals surface area contributed by atoms with Crippen LogP contribution in [0.3, 0.4) is 0 Å². The lowest BCUT2D eigenvalue weighted by Gasteiger charge is -2.42. The number of hydrogen-bond donors (Lipinski definition) is 3. The van der Waals surface area contributed by atoms with Crippen molar-refractivity contribution in [2.45, 2.75) is 62.6 Å². The van der Waals surface area contributed by atoms with Crippen molar-refractivity contribution in [1.29, 1.82) is 0 Å². The van der Waals surface area contributed by atoms with Crippen LogP contribution >= 0.6 is 0 Å². The maximum absolute atomic E-state index is 11.3. The third-order valence-electron chi connectivity index (χ3n) is 8.78. The van der Waals surface area contributed by atoms with Crippen molar-refractivity contribution in [2.75, 3.05) is 26.2 Å². The fraction of sp³-hybridized carbons (Fsp3) is 0.412. The van der Waals surface area contributed by atoms with Gasteiger partial charge in [0.2, 0.25) is 0 Å². The maximum Gasteiger partial charge on any atom is 0.317 e.